The van der Waals surface area contributed by atoms with E-state index in [9.17, 15) is 14.7 Å². The average Bonchev–Trinajstić information content (AvgIpc) is 3.68. The molecule has 3 saturated heterocycles. The highest BCUT2D eigenvalue weighted by Crippen LogP contribution is 2.69. The van der Waals surface area contributed by atoms with Gasteiger partial charge in [-0.15, -0.1) is 24.9 Å². The Kier molecular flexibility index (Phi) is 10.9. The van der Waals surface area contributed by atoms with Crippen LogP contribution in [0.4, 0.5) is 11.4 Å². The molecule has 2 aromatic carbocycles. The number of hydrogen-bond donors (Lipinski definition) is 1. The number of carbonyl (C=O) groups is 3. The van der Waals surface area contributed by atoms with Crippen molar-refractivity contribution in [2.75, 3.05) is 42.6 Å². The molecule has 8 nitrogen and oxygen atoms in total. The zero-order chi connectivity index (χ0) is 33.9. The van der Waals surface area contributed by atoms with Crippen molar-refractivity contribution in [3.8, 4) is 0 Å². The van der Waals surface area contributed by atoms with Gasteiger partial charge in [0.05, 0.1) is 29.2 Å². The largest absolute Gasteiger partial charge is 0.394 e. The van der Waals surface area contributed by atoms with Gasteiger partial charge in [0, 0.05) is 49.3 Å². The monoisotopic (exact) mass is 658 g/mol. The summed E-state index contributed by atoms with van der Waals surface area (Å²) in [5.41, 5.74) is 2.81. The molecule has 7 atom stereocenters. The Balaban J connectivity index is 1.56. The van der Waals surface area contributed by atoms with Gasteiger partial charge in [-0.05, 0) is 62.4 Å². The summed E-state index contributed by atoms with van der Waals surface area (Å²) in [6.45, 7) is 18.7. The normalized spacial score (nSPS) is 26.5. The second kappa shape index (κ2) is 14.7. The molecule has 3 fully saturated rings. The van der Waals surface area contributed by atoms with E-state index >= 15 is 4.79 Å². The zero-order valence-corrected chi connectivity index (χ0v) is 29.1. The van der Waals surface area contributed by atoms with Crippen LogP contribution in [-0.2, 0) is 20.9 Å². The fraction of sp³-hybridized carbons (Fsp3) is 0.500. The van der Waals surface area contributed by atoms with Crippen molar-refractivity contribution in [3.05, 3.63) is 85.5 Å². The second-order valence-corrected chi connectivity index (χ2v) is 14.5. The predicted octanol–water partition coefficient (Wildman–Crippen LogP) is 5.37. The molecule has 0 aliphatic carbocycles. The van der Waals surface area contributed by atoms with Gasteiger partial charge in [0.1, 0.15) is 6.04 Å². The van der Waals surface area contributed by atoms with Crippen molar-refractivity contribution >= 4 is 40.9 Å². The molecule has 0 radical (unpaired) electrons. The van der Waals surface area contributed by atoms with Crippen LogP contribution in [0, 0.1) is 17.8 Å². The first-order valence-electron chi connectivity index (χ1n) is 17.0. The van der Waals surface area contributed by atoms with E-state index in [1.807, 2.05) is 61.5 Å². The number of nitrogens with zero attached hydrogens (tertiary/aromatic N) is 4. The lowest BCUT2D eigenvalue weighted by Crippen LogP contribution is -2.59. The Morgan fingerprint density at radius 2 is 1.64 bits per heavy atom. The van der Waals surface area contributed by atoms with E-state index in [1.54, 1.807) is 38.6 Å². The van der Waals surface area contributed by atoms with Crippen molar-refractivity contribution in [2.45, 2.75) is 69.2 Å². The molecule has 47 heavy (non-hydrogen) atoms. The van der Waals surface area contributed by atoms with Gasteiger partial charge in [-0.25, -0.2) is 0 Å². The van der Waals surface area contributed by atoms with Gasteiger partial charge < -0.3 is 24.7 Å². The highest BCUT2D eigenvalue weighted by Gasteiger charge is 2.77. The van der Waals surface area contributed by atoms with Crippen LogP contribution < -0.4 is 9.80 Å². The third-order valence-electron chi connectivity index (χ3n) is 10.5. The van der Waals surface area contributed by atoms with Crippen molar-refractivity contribution in [1.29, 1.82) is 0 Å². The molecule has 3 aliphatic heterocycles. The number of carbonyl (C=O) groups excluding carboxylic acids is 3. The minimum absolute atomic E-state index is 0.0169. The lowest BCUT2D eigenvalue weighted by Gasteiger charge is -2.42. The molecule has 3 aliphatic rings. The number of amides is 3. The van der Waals surface area contributed by atoms with Crippen LogP contribution in [0.1, 0.15) is 46.1 Å². The highest BCUT2D eigenvalue weighted by atomic mass is 32.2. The highest BCUT2D eigenvalue weighted by molar-refractivity contribution is 8.02. The first kappa shape index (κ1) is 34.8. The molecule has 1 N–H and O–H groups in total. The van der Waals surface area contributed by atoms with Gasteiger partial charge in [0.15, 0.2) is 0 Å². The van der Waals surface area contributed by atoms with Crippen molar-refractivity contribution in [2.24, 2.45) is 17.8 Å². The molecule has 9 heteroatoms. The summed E-state index contributed by atoms with van der Waals surface area (Å²) in [5, 5.41) is 10.5. The van der Waals surface area contributed by atoms with E-state index in [0.29, 0.717) is 19.5 Å². The minimum Gasteiger partial charge on any atom is -0.394 e. The summed E-state index contributed by atoms with van der Waals surface area (Å²) < 4.78 is -0.797. The van der Waals surface area contributed by atoms with Crippen LogP contribution >= 0.6 is 11.8 Å². The number of aliphatic hydroxyl groups is 1. The number of rotatable bonds is 15. The number of fused-ring (bicyclic) bond motifs is 1. The Morgan fingerprint density at radius 3 is 2.21 bits per heavy atom. The van der Waals surface area contributed by atoms with Gasteiger partial charge in [0.2, 0.25) is 11.8 Å². The van der Waals surface area contributed by atoms with Crippen LogP contribution in [0.2, 0.25) is 0 Å². The van der Waals surface area contributed by atoms with E-state index in [1.165, 1.54) is 0 Å². The van der Waals surface area contributed by atoms with E-state index in [2.05, 4.69) is 38.8 Å². The molecular formula is C38H50N4O4S. The Bertz CT molecular complexity index is 1440. The fourth-order valence-electron chi connectivity index (χ4n) is 8.26. The van der Waals surface area contributed by atoms with Crippen molar-refractivity contribution in [1.82, 2.24) is 9.80 Å². The molecule has 1 spiro atoms. The molecule has 2 aromatic rings. The molecule has 0 aromatic heterocycles. The Labute approximate surface area is 284 Å². The maximum absolute atomic E-state index is 15.1. The lowest BCUT2D eigenvalue weighted by molar-refractivity contribution is -0.146. The van der Waals surface area contributed by atoms with Gasteiger partial charge >= 0.3 is 0 Å². The molecule has 3 unspecified atom stereocenters. The second-order valence-electron chi connectivity index (χ2n) is 13.0. The van der Waals surface area contributed by atoms with E-state index in [-0.39, 0.29) is 42.0 Å². The summed E-state index contributed by atoms with van der Waals surface area (Å²) in [5.74, 6) is -1.67. The standard InChI is InChI=1S/C38H50N4O4S/c1-7-21-40(24-27-15-13-12-14-16-27)35(44)32-31-23-26(6)38(47-31)33(32)36(45)42(28(9-3)25-43)34(38)37(46)41(22-8-2)30-19-17-29(18-20-30)39(10-4)11-5/h7-8,12-20,26,28,31-34,43H,1-2,9-11,21-25H2,3-6H3/t26?,28-,31+,32-,33-,34?,38?/m0/s1. The summed E-state index contributed by atoms with van der Waals surface area (Å²) >= 11 is 1.66. The lowest BCUT2D eigenvalue weighted by atomic mass is 9.65. The van der Waals surface area contributed by atoms with Gasteiger partial charge in [0.25, 0.3) is 5.91 Å². The third-order valence-corrected chi connectivity index (χ3v) is 12.6. The van der Waals surface area contributed by atoms with Crippen LogP contribution in [0.5, 0.6) is 0 Å². The van der Waals surface area contributed by atoms with Crippen molar-refractivity contribution in [3.63, 3.8) is 0 Å². The molecule has 2 bridgehead atoms. The first-order valence-corrected chi connectivity index (χ1v) is 17.9. The number of benzene rings is 2. The predicted molar refractivity (Wildman–Crippen MR) is 191 cm³/mol. The Hall–Kier alpha value is -3.56. The number of hydrogen-bond acceptors (Lipinski definition) is 6. The quantitative estimate of drug-likeness (QED) is 0.259. The molecule has 0 saturated carbocycles. The number of aliphatic hydroxyl groups excluding tert-OH is 1. The van der Waals surface area contributed by atoms with E-state index in [0.717, 1.165) is 36.4 Å². The summed E-state index contributed by atoms with van der Waals surface area (Å²) in [4.78, 5) is 51.8. The van der Waals surface area contributed by atoms with Crippen LogP contribution in [-0.4, -0.2) is 87.5 Å². The molecule has 3 amide bonds. The third kappa shape index (κ3) is 6.01. The SMILES string of the molecule is C=CCN(Cc1ccccc1)C(=O)[C@@H]1[C@H]2C(=O)N([C@@H](CC)CO)C(C(=O)N(CC=C)c3ccc(N(CC)CC)cc3)C23S[C@@H]1CC3C. The fourth-order valence-corrected chi connectivity index (χ4v) is 10.7. The number of likely N-dealkylation sites (tertiary alicyclic amines) is 1. The molecular weight excluding hydrogens is 609 g/mol. The topological polar surface area (TPSA) is 84.4 Å². The van der Waals surface area contributed by atoms with Crippen molar-refractivity contribution < 1.29 is 19.5 Å². The summed E-state index contributed by atoms with van der Waals surface area (Å²) in [7, 11) is 0. The summed E-state index contributed by atoms with van der Waals surface area (Å²) in [6, 6.07) is 16.5. The minimum atomic E-state index is -0.829. The van der Waals surface area contributed by atoms with Crippen LogP contribution in [0.25, 0.3) is 0 Å². The van der Waals surface area contributed by atoms with E-state index in [4.69, 9.17) is 0 Å². The number of thioether (sulfide) groups is 1. The van der Waals surface area contributed by atoms with Gasteiger partial charge in [-0.3, -0.25) is 14.4 Å². The van der Waals surface area contributed by atoms with Gasteiger partial charge in [-0.2, -0.15) is 0 Å². The molecule has 252 valence electrons. The zero-order valence-electron chi connectivity index (χ0n) is 28.3. The maximum Gasteiger partial charge on any atom is 0.251 e. The maximum atomic E-state index is 15.1. The van der Waals surface area contributed by atoms with Crippen LogP contribution in [0.15, 0.2) is 79.9 Å². The first-order chi connectivity index (χ1) is 22.7. The average molecular weight is 659 g/mol. The smallest absolute Gasteiger partial charge is 0.251 e. The summed E-state index contributed by atoms with van der Waals surface area (Å²) in [6.07, 6.45) is 4.67. The molecule has 3 heterocycles. The van der Waals surface area contributed by atoms with E-state index < -0.39 is 28.7 Å². The Morgan fingerprint density at radius 1 is 1.00 bits per heavy atom. The number of anilines is 2. The van der Waals surface area contributed by atoms with Crippen LogP contribution in [0.3, 0.4) is 0 Å². The van der Waals surface area contributed by atoms with Gasteiger partial charge in [-0.1, -0.05) is 56.3 Å². The molecule has 5 rings (SSSR count).